The summed E-state index contributed by atoms with van der Waals surface area (Å²) in [6.45, 7) is 3.90. The molecule has 3 rings (SSSR count). The second kappa shape index (κ2) is 5.26. The number of aryl methyl sites for hydroxylation is 2. The van der Waals surface area contributed by atoms with Gasteiger partial charge in [0, 0.05) is 5.92 Å². The molecule has 4 heteroatoms. The lowest BCUT2D eigenvalue weighted by atomic mass is 10.1. The Bertz CT molecular complexity index is 830. The molecule has 1 aliphatic rings. The number of sulfone groups is 1. The highest BCUT2D eigenvalue weighted by Gasteiger charge is 2.59. The van der Waals surface area contributed by atoms with E-state index in [4.69, 9.17) is 0 Å². The van der Waals surface area contributed by atoms with E-state index in [9.17, 15) is 13.7 Å². The Morgan fingerprint density at radius 3 is 1.91 bits per heavy atom. The first-order valence-corrected chi connectivity index (χ1v) is 8.76. The predicted molar refractivity (Wildman–Crippen MR) is 85.2 cm³/mol. The Morgan fingerprint density at radius 1 is 0.909 bits per heavy atom. The van der Waals surface area contributed by atoms with E-state index in [1.54, 1.807) is 24.3 Å². The molecule has 0 bridgehead atoms. The van der Waals surface area contributed by atoms with Crippen LogP contribution >= 0.6 is 0 Å². The van der Waals surface area contributed by atoms with Crippen LogP contribution in [0.5, 0.6) is 0 Å². The first-order chi connectivity index (χ1) is 10.4. The van der Waals surface area contributed by atoms with Crippen molar-refractivity contribution in [2.75, 3.05) is 0 Å². The third kappa shape index (κ3) is 2.42. The van der Waals surface area contributed by atoms with Gasteiger partial charge in [-0.1, -0.05) is 47.5 Å². The van der Waals surface area contributed by atoms with Crippen molar-refractivity contribution in [1.29, 1.82) is 5.26 Å². The molecule has 0 unspecified atom stereocenters. The quantitative estimate of drug-likeness (QED) is 0.873. The van der Waals surface area contributed by atoms with Gasteiger partial charge in [-0.25, -0.2) is 8.42 Å². The Morgan fingerprint density at radius 2 is 1.41 bits per heavy atom. The number of rotatable bonds is 3. The lowest BCUT2D eigenvalue weighted by Gasteiger charge is -2.05. The molecule has 1 saturated carbocycles. The van der Waals surface area contributed by atoms with Crippen molar-refractivity contribution in [2.24, 2.45) is 5.92 Å². The highest BCUT2D eigenvalue weighted by molar-refractivity contribution is 7.92. The molecule has 0 radical (unpaired) electrons. The maximum Gasteiger partial charge on any atom is 0.183 e. The molecule has 3 atom stereocenters. The van der Waals surface area contributed by atoms with Gasteiger partial charge in [0.2, 0.25) is 0 Å². The summed E-state index contributed by atoms with van der Waals surface area (Å²) >= 11 is 0. The zero-order valence-electron chi connectivity index (χ0n) is 12.5. The molecule has 3 nitrogen and oxygen atoms in total. The van der Waals surface area contributed by atoms with Gasteiger partial charge in [-0.05, 0) is 31.5 Å². The Hall–Kier alpha value is -2.12. The normalized spacial score (nSPS) is 23.8. The topological polar surface area (TPSA) is 57.9 Å². The van der Waals surface area contributed by atoms with Crippen LogP contribution in [0.2, 0.25) is 0 Å². The molecular weight excluding hydrogens is 294 g/mol. The number of nitrogens with zero attached hydrogens (tertiary/aromatic N) is 1. The van der Waals surface area contributed by atoms with Crippen molar-refractivity contribution >= 4 is 9.84 Å². The minimum Gasteiger partial charge on any atom is -0.223 e. The van der Waals surface area contributed by atoms with Crippen LogP contribution in [0.1, 0.15) is 22.6 Å². The van der Waals surface area contributed by atoms with E-state index in [0.717, 1.165) is 16.7 Å². The highest BCUT2D eigenvalue weighted by atomic mass is 32.2. The molecule has 0 N–H and O–H groups in total. The van der Waals surface area contributed by atoms with Crippen molar-refractivity contribution in [3.05, 3.63) is 65.2 Å². The summed E-state index contributed by atoms with van der Waals surface area (Å²) in [6, 6.07) is 16.8. The van der Waals surface area contributed by atoms with Crippen molar-refractivity contribution in [3.63, 3.8) is 0 Å². The molecule has 1 fully saturated rings. The largest absolute Gasteiger partial charge is 0.223 e. The van der Waals surface area contributed by atoms with Crippen molar-refractivity contribution in [1.82, 2.24) is 0 Å². The fourth-order valence-electron chi connectivity index (χ4n) is 2.89. The maximum absolute atomic E-state index is 12.8. The monoisotopic (exact) mass is 311 g/mol. The van der Waals surface area contributed by atoms with Crippen LogP contribution in [-0.4, -0.2) is 13.7 Å². The average Bonchev–Trinajstić information content (AvgIpc) is 3.24. The van der Waals surface area contributed by atoms with Crippen molar-refractivity contribution in [3.8, 4) is 6.07 Å². The number of hydrogen-bond acceptors (Lipinski definition) is 3. The first-order valence-electron chi connectivity index (χ1n) is 7.22. The van der Waals surface area contributed by atoms with E-state index < -0.39 is 21.0 Å². The van der Waals surface area contributed by atoms with Gasteiger partial charge < -0.3 is 0 Å². The number of nitriles is 1. The Labute approximate surface area is 131 Å². The smallest absolute Gasteiger partial charge is 0.183 e. The minimum atomic E-state index is -3.47. The van der Waals surface area contributed by atoms with E-state index in [0.29, 0.717) is 4.90 Å². The second-order valence-corrected chi connectivity index (χ2v) is 8.02. The number of hydrogen-bond donors (Lipinski definition) is 0. The van der Waals surface area contributed by atoms with Crippen LogP contribution in [0.4, 0.5) is 0 Å². The van der Waals surface area contributed by atoms with Gasteiger partial charge in [-0.15, -0.1) is 0 Å². The fraction of sp³-hybridized carbons (Fsp3) is 0.278. The van der Waals surface area contributed by atoms with Crippen LogP contribution < -0.4 is 0 Å². The van der Waals surface area contributed by atoms with E-state index >= 15 is 0 Å². The summed E-state index contributed by atoms with van der Waals surface area (Å²) < 4.78 is 25.5. The molecule has 0 heterocycles. The van der Waals surface area contributed by atoms with E-state index in [1.807, 2.05) is 38.1 Å². The van der Waals surface area contributed by atoms with Gasteiger partial charge >= 0.3 is 0 Å². The summed E-state index contributed by atoms with van der Waals surface area (Å²) in [7, 11) is -3.47. The Kier molecular flexibility index (Phi) is 3.54. The molecule has 0 spiro atoms. The van der Waals surface area contributed by atoms with Gasteiger partial charge in [0.15, 0.2) is 9.84 Å². The SMILES string of the molecule is Cc1ccc([C@H]2[C@H](C#N)[C@@H]2S(=O)(=O)c2ccc(C)cc2)cc1. The molecule has 0 amide bonds. The summed E-state index contributed by atoms with van der Waals surface area (Å²) in [4.78, 5) is 0.304. The molecule has 0 aliphatic heterocycles. The zero-order valence-corrected chi connectivity index (χ0v) is 13.3. The lowest BCUT2D eigenvalue weighted by molar-refractivity contribution is 0.593. The predicted octanol–water partition coefficient (Wildman–Crippen LogP) is 3.38. The minimum absolute atomic E-state index is 0.225. The second-order valence-electron chi connectivity index (χ2n) is 5.91. The third-order valence-corrected chi connectivity index (χ3v) is 6.51. The average molecular weight is 311 g/mol. The van der Waals surface area contributed by atoms with Crippen LogP contribution in [0.3, 0.4) is 0 Å². The van der Waals surface area contributed by atoms with Crippen molar-refractivity contribution < 1.29 is 8.42 Å². The van der Waals surface area contributed by atoms with Gasteiger partial charge in [0.25, 0.3) is 0 Å². The van der Waals surface area contributed by atoms with E-state index in [1.165, 1.54) is 0 Å². The number of benzene rings is 2. The van der Waals surface area contributed by atoms with Crippen LogP contribution in [0.15, 0.2) is 53.4 Å². The maximum atomic E-state index is 12.8. The van der Waals surface area contributed by atoms with E-state index in [-0.39, 0.29) is 5.92 Å². The van der Waals surface area contributed by atoms with Crippen molar-refractivity contribution in [2.45, 2.75) is 29.9 Å². The lowest BCUT2D eigenvalue weighted by Crippen LogP contribution is -2.10. The molecule has 22 heavy (non-hydrogen) atoms. The molecule has 2 aromatic carbocycles. The molecule has 0 aromatic heterocycles. The molecule has 2 aromatic rings. The Balaban J connectivity index is 1.95. The highest BCUT2D eigenvalue weighted by Crippen LogP contribution is 2.53. The van der Waals surface area contributed by atoms with Crippen LogP contribution in [0.25, 0.3) is 0 Å². The summed E-state index contributed by atoms with van der Waals surface area (Å²) in [5.74, 6) is -0.689. The van der Waals surface area contributed by atoms with E-state index in [2.05, 4.69) is 6.07 Å². The van der Waals surface area contributed by atoms with Gasteiger partial charge in [0.1, 0.15) is 0 Å². The summed E-state index contributed by atoms with van der Waals surface area (Å²) in [6.07, 6.45) is 0. The molecular formula is C18H17NO2S. The molecule has 112 valence electrons. The van der Waals surface area contributed by atoms with Gasteiger partial charge in [0.05, 0.1) is 22.1 Å². The zero-order chi connectivity index (χ0) is 15.9. The fourth-order valence-corrected chi connectivity index (χ4v) is 4.96. The van der Waals surface area contributed by atoms with Crippen LogP contribution in [-0.2, 0) is 9.84 Å². The third-order valence-electron chi connectivity index (χ3n) is 4.27. The molecule has 0 saturated heterocycles. The molecule has 1 aliphatic carbocycles. The van der Waals surface area contributed by atoms with Gasteiger partial charge in [-0.3, -0.25) is 0 Å². The summed E-state index contributed by atoms with van der Waals surface area (Å²) in [5, 5.41) is 8.67. The first kappa shape index (κ1) is 14.8. The van der Waals surface area contributed by atoms with Gasteiger partial charge in [-0.2, -0.15) is 5.26 Å². The van der Waals surface area contributed by atoms with Crippen LogP contribution in [0, 0.1) is 31.1 Å². The standard InChI is InChI=1S/C18H17NO2S/c1-12-3-7-14(8-4-12)17-16(11-19)18(17)22(20,21)15-9-5-13(2)6-10-15/h3-10,16-18H,1-2H3/t16-,17-,18-/m0/s1. The summed E-state index contributed by atoms with van der Waals surface area (Å²) in [5.41, 5.74) is 3.07.